The van der Waals surface area contributed by atoms with Crippen LogP contribution in [0.3, 0.4) is 0 Å². The van der Waals surface area contributed by atoms with Crippen LogP contribution in [0.1, 0.15) is 84.4 Å². The average Bonchev–Trinajstić information content (AvgIpc) is 4.19. The summed E-state index contributed by atoms with van der Waals surface area (Å²) in [5.41, 5.74) is 23.8. The molecule has 2 saturated carbocycles. The van der Waals surface area contributed by atoms with Gasteiger partial charge in [0.2, 0.25) is 0 Å². The molecule has 2 heteroatoms. The van der Waals surface area contributed by atoms with Gasteiger partial charge >= 0.3 is 0 Å². The molecule has 67 heavy (non-hydrogen) atoms. The Balaban J connectivity index is 0.960. The second-order valence-electron chi connectivity index (χ2n) is 20.4. The number of hydrogen-bond acceptors (Lipinski definition) is 2. The molecule has 4 unspecified atom stereocenters. The van der Waals surface area contributed by atoms with E-state index in [1.165, 1.54) is 109 Å². The summed E-state index contributed by atoms with van der Waals surface area (Å²) < 4.78 is 0. The van der Waals surface area contributed by atoms with Gasteiger partial charge in [0.15, 0.2) is 0 Å². The first-order chi connectivity index (χ1) is 33.0. The molecular formula is C65H52N2. The average molecular weight is 861 g/mol. The van der Waals surface area contributed by atoms with Gasteiger partial charge in [0.25, 0.3) is 0 Å². The highest BCUT2D eigenvalue weighted by molar-refractivity contribution is 5.98. The number of nitrogens with zero attached hydrogens (tertiary/aromatic N) is 2. The Morgan fingerprint density at radius 1 is 0.343 bits per heavy atom. The van der Waals surface area contributed by atoms with E-state index in [1.807, 2.05) is 0 Å². The van der Waals surface area contributed by atoms with Crippen LogP contribution in [0, 0.1) is 11.8 Å². The van der Waals surface area contributed by atoms with E-state index in [1.54, 1.807) is 0 Å². The fourth-order valence-corrected chi connectivity index (χ4v) is 13.8. The molecule has 0 aliphatic heterocycles. The van der Waals surface area contributed by atoms with Crippen LogP contribution >= 0.6 is 0 Å². The quantitative estimate of drug-likeness (QED) is 0.158. The van der Waals surface area contributed by atoms with Crippen LogP contribution < -0.4 is 9.80 Å². The van der Waals surface area contributed by atoms with Crippen molar-refractivity contribution in [3.8, 4) is 33.4 Å². The first-order valence-electron chi connectivity index (χ1n) is 24.5. The lowest BCUT2D eigenvalue weighted by atomic mass is 9.70. The van der Waals surface area contributed by atoms with Crippen molar-refractivity contribution >= 4 is 34.1 Å². The summed E-state index contributed by atoms with van der Waals surface area (Å²) in [5, 5.41) is 0. The van der Waals surface area contributed by atoms with Gasteiger partial charge in [0.05, 0.1) is 5.41 Å². The Kier molecular flexibility index (Phi) is 8.42. The zero-order valence-electron chi connectivity index (χ0n) is 38.2. The number of hydrogen-bond donors (Lipinski definition) is 0. The number of anilines is 6. The van der Waals surface area contributed by atoms with Crippen molar-refractivity contribution in [3.63, 3.8) is 0 Å². The normalized spacial score (nSPS) is 20.5. The highest BCUT2D eigenvalue weighted by Crippen LogP contribution is 2.64. The molecule has 0 heterocycles. The standard InChI is InChI=1S/C65H52N2/c1-64(2)58-22-12-9-19-51(58)54-34-31-48(39-61(54)64)67(46-17-7-4-8-18-46)50-33-36-56-53-21-11-14-24-60(53)65(63(56)41-50)59-23-13-10-20-52(59)55-35-32-49(40-62(55)65)66(45-15-5-3-6-16-45)47-29-27-43(28-30-47)57-38-42-25-26-44(57)37-42/h3-24,27-36,39-42,44,57H,25-26,37-38H2,1-2H3. The van der Waals surface area contributed by atoms with Crippen molar-refractivity contribution in [2.75, 3.05) is 9.80 Å². The number of para-hydroxylation sites is 2. The van der Waals surface area contributed by atoms with Gasteiger partial charge in [-0.1, -0.05) is 160 Å². The maximum absolute atomic E-state index is 2.53. The van der Waals surface area contributed by atoms with Crippen molar-refractivity contribution in [1.82, 2.24) is 0 Å². The maximum atomic E-state index is 2.53. The monoisotopic (exact) mass is 860 g/mol. The fourth-order valence-electron chi connectivity index (χ4n) is 13.8. The molecule has 2 bridgehead atoms. The van der Waals surface area contributed by atoms with Crippen molar-refractivity contribution in [1.29, 1.82) is 0 Å². The van der Waals surface area contributed by atoms with Crippen LogP contribution in [0.2, 0.25) is 0 Å². The van der Waals surface area contributed by atoms with Crippen molar-refractivity contribution in [3.05, 3.63) is 251 Å². The third-order valence-electron chi connectivity index (χ3n) is 16.7. The van der Waals surface area contributed by atoms with Crippen LogP contribution in [-0.2, 0) is 10.8 Å². The van der Waals surface area contributed by atoms with Crippen LogP contribution in [-0.4, -0.2) is 0 Å². The van der Waals surface area contributed by atoms with Gasteiger partial charge in [-0.2, -0.15) is 0 Å². The largest absolute Gasteiger partial charge is 0.310 e. The van der Waals surface area contributed by atoms with Gasteiger partial charge in [-0.15, -0.1) is 0 Å². The first kappa shape index (κ1) is 38.8. The van der Waals surface area contributed by atoms with E-state index in [0.717, 1.165) is 34.6 Å². The lowest BCUT2D eigenvalue weighted by Gasteiger charge is -2.33. The van der Waals surface area contributed by atoms with Gasteiger partial charge in [-0.05, 0) is 182 Å². The Morgan fingerprint density at radius 2 is 0.746 bits per heavy atom. The molecule has 9 aromatic carbocycles. The number of rotatable bonds is 7. The molecule has 5 aliphatic carbocycles. The van der Waals surface area contributed by atoms with Gasteiger partial charge in [-0.25, -0.2) is 0 Å². The van der Waals surface area contributed by atoms with E-state index in [9.17, 15) is 0 Å². The fraction of sp³-hybridized carbons (Fsp3) is 0.169. The predicted molar refractivity (Wildman–Crippen MR) is 278 cm³/mol. The second-order valence-corrected chi connectivity index (χ2v) is 20.4. The summed E-state index contributed by atoms with van der Waals surface area (Å²) in [6.45, 7) is 4.75. The topological polar surface area (TPSA) is 6.48 Å². The van der Waals surface area contributed by atoms with Crippen molar-refractivity contribution in [2.24, 2.45) is 11.8 Å². The molecule has 0 radical (unpaired) electrons. The first-order valence-corrected chi connectivity index (χ1v) is 24.5. The molecule has 2 fully saturated rings. The van der Waals surface area contributed by atoms with Crippen LogP contribution in [0.5, 0.6) is 0 Å². The van der Waals surface area contributed by atoms with E-state index >= 15 is 0 Å². The van der Waals surface area contributed by atoms with Crippen LogP contribution in [0.15, 0.2) is 212 Å². The Morgan fingerprint density at radius 3 is 1.25 bits per heavy atom. The third-order valence-corrected chi connectivity index (χ3v) is 16.7. The summed E-state index contributed by atoms with van der Waals surface area (Å²) >= 11 is 0. The van der Waals surface area contributed by atoms with Gasteiger partial charge in [-0.3, -0.25) is 0 Å². The highest BCUT2D eigenvalue weighted by atomic mass is 15.1. The zero-order valence-corrected chi connectivity index (χ0v) is 38.2. The summed E-state index contributed by atoms with van der Waals surface area (Å²) in [7, 11) is 0. The molecule has 14 rings (SSSR count). The molecule has 2 nitrogen and oxygen atoms in total. The summed E-state index contributed by atoms with van der Waals surface area (Å²) in [6.07, 6.45) is 5.59. The Bertz CT molecular complexity index is 3410. The van der Waals surface area contributed by atoms with E-state index in [4.69, 9.17) is 0 Å². The lowest BCUT2D eigenvalue weighted by molar-refractivity contribution is 0.420. The summed E-state index contributed by atoms with van der Waals surface area (Å²) in [6, 6.07) is 80.6. The molecule has 0 aromatic heterocycles. The minimum atomic E-state index is -0.540. The summed E-state index contributed by atoms with van der Waals surface area (Å²) in [5.74, 6) is 2.48. The van der Waals surface area contributed by atoms with Crippen LogP contribution in [0.25, 0.3) is 33.4 Å². The Labute approximate surface area is 394 Å². The van der Waals surface area contributed by atoms with Crippen LogP contribution in [0.4, 0.5) is 34.1 Å². The highest BCUT2D eigenvalue weighted by Gasteiger charge is 2.52. The SMILES string of the molecule is CC1(C)c2ccccc2-c2ccc(N(c3ccccc3)c3ccc4c(c3)C3(c5ccccc5-c5ccc(N(c6ccccc6)c6ccc(C7CC8CCC7C8)cc6)cc53)c3ccccc3-4)cc21. The summed E-state index contributed by atoms with van der Waals surface area (Å²) in [4.78, 5) is 4.95. The zero-order chi connectivity index (χ0) is 44.4. The van der Waals surface area contributed by atoms with E-state index in [2.05, 4.69) is 236 Å². The molecule has 0 amide bonds. The van der Waals surface area contributed by atoms with E-state index in [-0.39, 0.29) is 5.41 Å². The maximum Gasteiger partial charge on any atom is 0.0727 e. The molecule has 0 N–H and O–H groups in total. The molecule has 0 saturated heterocycles. The second kappa shape index (κ2) is 14.5. The molecular weight excluding hydrogens is 809 g/mol. The van der Waals surface area contributed by atoms with Gasteiger partial charge in [0, 0.05) is 39.5 Å². The minimum absolute atomic E-state index is 0.117. The lowest BCUT2D eigenvalue weighted by Crippen LogP contribution is -2.26. The molecule has 5 aliphatic rings. The number of fused-ring (bicyclic) bond motifs is 15. The molecule has 1 spiro atoms. The third kappa shape index (κ3) is 5.56. The Hall–Kier alpha value is -7.42. The molecule has 4 atom stereocenters. The van der Waals surface area contributed by atoms with Gasteiger partial charge in [0.1, 0.15) is 0 Å². The minimum Gasteiger partial charge on any atom is -0.310 e. The van der Waals surface area contributed by atoms with E-state index < -0.39 is 5.41 Å². The van der Waals surface area contributed by atoms with E-state index in [0.29, 0.717) is 5.92 Å². The van der Waals surface area contributed by atoms with Crippen molar-refractivity contribution < 1.29 is 0 Å². The number of benzene rings is 9. The smallest absolute Gasteiger partial charge is 0.0727 e. The van der Waals surface area contributed by atoms with Gasteiger partial charge < -0.3 is 9.80 Å². The van der Waals surface area contributed by atoms with Crippen molar-refractivity contribution in [2.45, 2.75) is 56.3 Å². The molecule has 322 valence electrons. The predicted octanol–water partition coefficient (Wildman–Crippen LogP) is 17.2. The molecule has 9 aromatic rings.